The zero-order valence-corrected chi connectivity index (χ0v) is 12.1. The quantitative estimate of drug-likeness (QED) is 0.692. The number of carbonyl (C=O) groups is 2. The summed E-state index contributed by atoms with van der Waals surface area (Å²) < 4.78 is 4.58. The number of ether oxygens (including phenoxy) is 1. The Labute approximate surface area is 125 Å². The first-order valence-electron chi connectivity index (χ1n) is 6.23. The molecule has 0 aliphatic heterocycles. The molecule has 1 amide bonds. The van der Waals surface area contributed by atoms with Crippen molar-refractivity contribution in [3.63, 3.8) is 0 Å². The van der Waals surface area contributed by atoms with Crippen LogP contribution >= 0.6 is 11.3 Å². The number of hydrogen-bond acceptors (Lipinski definition) is 6. The number of aromatic nitrogens is 2. The first kappa shape index (κ1) is 14.9. The number of esters is 1. The van der Waals surface area contributed by atoms with Crippen LogP contribution in [-0.2, 0) is 14.3 Å². The molecule has 0 bridgehead atoms. The minimum Gasteiger partial charge on any atom is -0.459 e. The van der Waals surface area contributed by atoms with Crippen LogP contribution in [0.25, 0.3) is 12.2 Å². The van der Waals surface area contributed by atoms with E-state index in [9.17, 15) is 9.59 Å². The van der Waals surface area contributed by atoms with Gasteiger partial charge in [0.25, 0.3) is 0 Å². The summed E-state index contributed by atoms with van der Waals surface area (Å²) in [5.74, 6) is -1.79. The predicted octanol–water partition coefficient (Wildman–Crippen LogP) is 2.21. The maximum absolute atomic E-state index is 11.4. The van der Waals surface area contributed by atoms with Crippen molar-refractivity contribution in [1.82, 2.24) is 10.2 Å². The predicted molar refractivity (Wildman–Crippen MR) is 80.5 cm³/mol. The molecule has 2 aromatic rings. The molecule has 0 unspecified atom stereocenters. The summed E-state index contributed by atoms with van der Waals surface area (Å²) in [4.78, 5) is 22.6. The van der Waals surface area contributed by atoms with Crippen LogP contribution in [-0.4, -0.2) is 28.7 Å². The molecule has 21 heavy (non-hydrogen) atoms. The highest BCUT2D eigenvalue weighted by molar-refractivity contribution is 7.16. The van der Waals surface area contributed by atoms with E-state index < -0.39 is 11.9 Å². The topological polar surface area (TPSA) is 81.2 Å². The average Bonchev–Trinajstić information content (AvgIpc) is 2.94. The van der Waals surface area contributed by atoms with Gasteiger partial charge in [-0.2, -0.15) is 0 Å². The van der Waals surface area contributed by atoms with Crippen LogP contribution < -0.4 is 5.32 Å². The van der Waals surface area contributed by atoms with Crippen LogP contribution in [0.5, 0.6) is 0 Å². The van der Waals surface area contributed by atoms with Crippen molar-refractivity contribution in [3.05, 3.63) is 40.9 Å². The third-order valence-electron chi connectivity index (χ3n) is 2.34. The molecule has 0 saturated carbocycles. The van der Waals surface area contributed by atoms with Gasteiger partial charge >= 0.3 is 11.9 Å². The summed E-state index contributed by atoms with van der Waals surface area (Å²) in [5.41, 5.74) is 1.03. The number of carbonyl (C=O) groups excluding carboxylic acids is 2. The molecular formula is C14H13N3O3S. The van der Waals surface area contributed by atoms with Crippen molar-refractivity contribution >= 4 is 40.5 Å². The molecule has 1 aromatic carbocycles. The van der Waals surface area contributed by atoms with Crippen LogP contribution in [0.2, 0.25) is 0 Å². The Morgan fingerprint density at radius 1 is 1.24 bits per heavy atom. The summed E-state index contributed by atoms with van der Waals surface area (Å²) >= 11 is 1.17. The standard InChI is InChI=1S/C14H13N3O3S/c1-2-20-13(19)12(18)15-14-17-16-11(21-14)9-8-10-6-4-3-5-7-10/h3-9H,2H2,1H3,(H,15,17,18). The van der Waals surface area contributed by atoms with Gasteiger partial charge in [-0.15, -0.1) is 10.2 Å². The molecule has 0 aliphatic carbocycles. The van der Waals surface area contributed by atoms with Crippen LogP contribution in [0.3, 0.4) is 0 Å². The highest BCUT2D eigenvalue weighted by atomic mass is 32.1. The molecule has 108 valence electrons. The molecule has 0 fully saturated rings. The van der Waals surface area contributed by atoms with Crippen LogP contribution in [0, 0.1) is 0 Å². The minimum atomic E-state index is -0.936. The Morgan fingerprint density at radius 3 is 2.71 bits per heavy atom. The Hall–Kier alpha value is -2.54. The molecule has 2 rings (SSSR count). The fourth-order valence-corrected chi connectivity index (χ4v) is 2.07. The van der Waals surface area contributed by atoms with Gasteiger partial charge in [0.1, 0.15) is 5.01 Å². The van der Waals surface area contributed by atoms with Gasteiger partial charge in [-0.25, -0.2) is 4.79 Å². The van der Waals surface area contributed by atoms with Gasteiger partial charge in [0.15, 0.2) is 0 Å². The van der Waals surface area contributed by atoms with E-state index in [4.69, 9.17) is 0 Å². The van der Waals surface area contributed by atoms with E-state index in [-0.39, 0.29) is 11.7 Å². The molecular weight excluding hydrogens is 290 g/mol. The number of nitrogens with zero attached hydrogens (tertiary/aromatic N) is 2. The largest absolute Gasteiger partial charge is 0.459 e. The molecule has 0 atom stereocenters. The van der Waals surface area contributed by atoms with Gasteiger partial charge in [-0.1, -0.05) is 47.7 Å². The lowest BCUT2D eigenvalue weighted by Crippen LogP contribution is -2.24. The lowest BCUT2D eigenvalue weighted by atomic mass is 10.2. The number of anilines is 1. The smallest absolute Gasteiger partial charge is 0.397 e. The lowest BCUT2D eigenvalue weighted by molar-refractivity contribution is -0.152. The van der Waals surface area contributed by atoms with E-state index in [1.807, 2.05) is 36.4 Å². The minimum absolute atomic E-state index is 0.146. The molecule has 1 heterocycles. The average molecular weight is 303 g/mol. The van der Waals surface area contributed by atoms with E-state index >= 15 is 0 Å². The lowest BCUT2D eigenvalue weighted by Gasteiger charge is -1.99. The summed E-state index contributed by atoms with van der Waals surface area (Å²) in [5, 5.41) is 10.9. The second-order valence-electron chi connectivity index (χ2n) is 3.86. The number of benzene rings is 1. The maximum Gasteiger partial charge on any atom is 0.397 e. The van der Waals surface area contributed by atoms with Crippen molar-refractivity contribution in [3.8, 4) is 0 Å². The van der Waals surface area contributed by atoms with Gasteiger partial charge in [-0.05, 0) is 18.6 Å². The van der Waals surface area contributed by atoms with Gasteiger partial charge in [-0.3, -0.25) is 10.1 Å². The van der Waals surface area contributed by atoms with Crippen LogP contribution in [0.4, 0.5) is 5.13 Å². The van der Waals surface area contributed by atoms with Crippen LogP contribution in [0.1, 0.15) is 17.5 Å². The Bertz CT molecular complexity index is 652. The van der Waals surface area contributed by atoms with Crippen molar-refractivity contribution in [2.45, 2.75) is 6.92 Å². The van der Waals surface area contributed by atoms with E-state index in [1.54, 1.807) is 13.0 Å². The van der Waals surface area contributed by atoms with Gasteiger partial charge in [0.2, 0.25) is 5.13 Å². The summed E-state index contributed by atoms with van der Waals surface area (Å²) in [6.45, 7) is 1.77. The fraction of sp³-hybridized carbons (Fsp3) is 0.143. The molecule has 0 radical (unpaired) electrons. The van der Waals surface area contributed by atoms with E-state index in [0.29, 0.717) is 5.01 Å². The normalized spacial score (nSPS) is 10.5. The van der Waals surface area contributed by atoms with Crippen molar-refractivity contribution in [2.75, 3.05) is 11.9 Å². The monoisotopic (exact) mass is 303 g/mol. The molecule has 0 aliphatic rings. The number of hydrogen-bond donors (Lipinski definition) is 1. The number of nitrogens with one attached hydrogen (secondary N) is 1. The van der Waals surface area contributed by atoms with Crippen LogP contribution in [0.15, 0.2) is 30.3 Å². The first-order chi connectivity index (χ1) is 10.2. The number of rotatable bonds is 4. The second kappa shape index (κ2) is 7.30. The molecule has 1 N–H and O–H groups in total. The zero-order valence-electron chi connectivity index (χ0n) is 11.3. The second-order valence-corrected chi connectivity index (χ2v) is 4.87. The molecule has 7 heteroatoms. The summed E-state index contributed by atoms with van der Waals surface area (Å²) in [6.07, 6.45) is 3.67. The van der Waals surface area contributed by atoms with E-state index in [0.717, 1.165) is 5.56 Å². The number of amides is 1. The van der Waals surface area contributed by atoms with Gasteiger partial charge in [0, 0.05) is 0 Å². The molecule has 6 nitrogen and oxygen atoms in total. The Morgan fingerprint density at radius 2 is 2.00 bits per heavy atom. The van der Waals surface area contributed by atoms with Crippen molar-refractivity contribution in [1.29, 1.82) is 0 Å². The van der Waals surface area contributed by atoms with E-state index in [1.165, 1.54) is 11.3 Å². The highest BCUT2D eigenvalue weighted by Crippen LogP contribution is 2.17. The SMILES string of the molecule is CCOC(=O)C(=O)Nc1nnc(C=Cc2ccccc2)s1. The Balaban J connectivity index is 1.97. The highest BCUT2D eigenvalue weighted by Gasteiger charge is 2.16. The van der Waals surface area contributed by atoms with Crippen molar-refractivity contribution < 1.29 is 14.3 Å². The van der Waals surface area contributed by atoms with Crippen molar-refractivity contribution in [2.24, 2.45) is 0 Å². The first-order valence-corrected chi connectivity index (χ1v) is 7.05. The fourth-order valence-electron chi connectivity index (χ4n) is 1.43. The maximum atomic E-state index is 11.4. The molecule has 1 aromatic heterocycles. The Kier molecular flexibility index (Phi) is 5.16. The third kappa shape index (κ3) is 4.50. The molecule has 0 saturated heterocycles. The van der Waals surface area contributed by atoms with Gasteiger partial charge in [0.05, 0.1) is 6.61 Å². The zero-order chi connectivity index (χ0) is 15.1. The summed E-state index contributed by atoms with van der Waals surface area (Å²) in [6, 6.07) is 9.72. The molecule has 0 spiro atoms. The van der Waals surface area contributed by atoms with Gasteiger partial charge < -0.3 is 4.74 Å². The summed E-state index contributed by atoms with van der Waals surface area (Å²) in [7, 11) is 0. The van der Waals surface area contributed by atoms with E-state index in [2.05, 4.69) is 20.3 Å². The third-order valence-corrected chi connectivity index (χ3v) is 3.14.